The van der Waals surface area contributed by atoms with Crippen LogP contribution in [-0.2, 0) is 11.8 Å². The van der Waals surface area contributed by atoms with Crippen molar-refractivity contribution in [2.45, 2.75) is 32.1 Å². The highest BCUT2D eigenvalue weighted by Gasteiger charge is 2.35. The van der Waals surface area contributed by atoms with E-state index in [0.29, 0.717) is 0 Å². The van der Waals surface area contributed by atoms with Crippen LogP contribution in [0.3, 0.4) is 0 Å². The Bertz CT molecular complexity index is 1860. The van der Waals surface area contributed by atoms with Crippen molar-refractivity contribution >= 4 is 17.5 Å². The first-order valence-corrected chi connectivity index (χ1v) is 14.0. The van der Waals surface area contributed by atoms with E-state index in [-0.39, 0.29) is 5.41 Å². The number of para-hydroxylation sites is 2. The summed E-state index contributed by atoms with van der Waals surface area (Å²) in [6.07, 6.45) is 6.59. The molecule has 5 aromatic rings. The minimum Gasteiger partial charge on any atom is -0.450 e. The molecule has 5 aromatic carbocycles. The first-order chi connectivity index (χ1) is 19.6. The minimum absolute atomic E-state index is 0.0195. The quantitative estimate of drug-likeness (QED) is 0.252. The minimum atomic E-state index is -0.0195. The second kappa shape index (κ2) is 8.62. The first-order valence-electron chi connectivity index (χ1n) is 14.0. The average molecular weight is 520 g/mol. The molecule has 40 heavy (non-hydrogen) atoms. The molecule has 1 N–H and O–H groups in total. The van der Waals surface area contributed by atoms with Crippen molar-refractivity contribution in [1.29, 1.82) is 0 Å². The fraction of sp³-hybridized carbons (Fsp3) is 0.135. The number of nitrogens with one attached hydrogen (secondary N) is 1. The van der Waals surface area contributed by atoms with E-state index in [1.165, 1.54) is 44.6 Å². The smallest absolute Gasteiger partial charge is 0.170 e. The molecule has 3 aliphatic rings. The maximum absolute atomic E-state index is 6.21. The Labute approximate surface area is 234 Å². The molecule has 1 aliphatic heterocycles. The molecule has 0 saturated heterocycles. The maximum Gasteiger partial charge on any atom is 0.170 e. The van der Waals surface area contributed by atoms with Crippen LogP contribution in [0.2, 0.25) is 0 Å². The molecule has 2 aliphatic carbocycles. The van der Waals surface area contributed by atoms with Crippen molar-refractivity contribution in [3.63, 3.8) is 0 Å². The number of allylic oxidation sites excluding steroid dienone is 1. The van der Waals surface area contributed by atoms with Gasteiger partial charge in [-0.1, -0.05) is 80.6 Å². The van der Waals surface area contributed by atoms with Crippen LogP contribution in [0.5, 0.6) is 23.0 Å². The van der Waals surface area contributed by atoms with Crippen LogP contribution in [0.25, 0.3) is 28.3 Å². The van der Waals surface area contributed by atoms with Crippen molar-refractivity contribution in [3.05, 3.63) is 125 Å². The lowest BCUT2D eigenvalue weighted by molar-refractivity contribution is 0.360. The summed E-state index contributed by atoms with van der Waals surface area (Å²) in [5, 5.41) is 3.79. The molecular formula is C37H29NO2. The van der Waals surface area contributed by atoms with Gasteiger partial charge >= 0.3 is 0 Å². The first kappa shape index (κ1) is 23.2. The normalized spacial score (nSPS) is 15.1. The highest BCUT2D eigenvalue weighted by Crippen LogP contribution is 2.50. The van der Waals surface area contributed by atoms with Crippen molar-refractivity contribution in [2.75, 3.05) is 5.32 Å². The van der Waals surface area contributed by atoms with Gasteiger partial charge in [0.2, 0.25) is 0 Å². The Balaban J connectivity index is 1.15. The van der Waals surface area contributed by atoms with Crippen LogP contribution in [0.1, 0.15) is 42.5 Å². The Hall–Kier alpha value is -4.76. The van der Waals surface area contributed by atoms with Gasteiger partial charge in [-0.3, -0.25) is 0 Å². The molecule has 0 aromatic heterocycles. The van der Waals surface area contributed by atoms with Gasteiger partial charge in [0, 0.05) is 16.8 Å². The number of benzene rings is 5. The zero-order chi connectivity index (χ0) is 26.8. The number of fused-ring (bicyclic) bond motifs is 6. The molecule has 0 spiro atoms. The van der Waals surface area contributed by atoms with Gasteiger partial charge < -0.3 is 14.8 Å². The largest absolute Gasteiger partial charge is 0.450 e. The lowest BCUT2D eigenvalue weighted by atomic mass is 9.82. The third kappa shape index (κ3) is 3.51. The third-order valence-corrected chi connectivity index (χ3v) is 8.61. The van der Waals surface area contributed by atoms with Crippen LogP contribution in [0.15, 0.2) is 103 Å². The predicted octanol–water partition coefficient (Wildman–Crippen LogP) is 10.3. The van der Waals surface area contributed by atoms with Crippen LogP contribution in [-0.4, -0.2) is 0 Å². The second-order valence-electron chi connectivity index (χ2n) is 11.4. The summed E-state index contributed by atoms with van der Waals surface area (Å²) in [6, 6.07) is 34.1. The Morgan fingerprint density at radius 2 is 1.38 bits per heavy atom. The van der Waals surface area contributed by atoms with Gasteiger partial charge in [0.25, 0.3) is 0 Å². The molecule has 8 rings (SSSR count). The summed E-state index contributed by atoms with van der Waals surface area (Å²) in [4.78, 5) is 0. The standard InChI is InChI=1S/C37H29NO2/c1-37(2)30-12-6-5-10-27(30)28-17-16-24(22-31(28)37)38-32-19-18-25(26-9-3-4-11-29(26)32)23-15-20-35-36(21-23)40-34-14-8-7-13-33(34)39-35/h3,5-10,12-22,38H,4,11H2,1-2H3. The number of anilines is 2. The summed E-state index contributed by atoms with van der Waals surface area (Å²) in [5.41, 5.74) is 12.7. The van der Waals surface area contributed by atoms with E-state index in [9.17, 15) is 0 Å². The van der Waals surface area contributed by atoms with E-state index in [0.717, 1.165) is 47.1 Å². The van der Waals surface area contributed by atoms with Crippen LogP contribution >= 0.6 is 0 Å². The average Bonchev–Trinajstić information content (AvgIpc) is 3.22. The van der Waals surface area contributed by atoms with Gasteiger partial charge in [0.1, 0.15) is 0 Å². The Morgan fingerprint density at radius 3 is 2.25 bits per heavy atom. The molecule has 3 nitrogen and oxygen atoms in total. The van der Waals surface area contributed by atoms with Gasteiger partial charge in [-0.25, -0.2) is 0 Å². The van der Waals surface area contributed by atoms with Gasteiger partial charge in [0.05, 0.1) is 0 Å². The Kier molecular flexibility index (Phi) is 4.99. The van der Waals surface area contributed by atoms with E-state index in [4.69, 9.17) is 9.47 Å². The van der Waals surface area contributed by atoms with Crippen molar-refractivity contribution in [2.24, 2.45) is 0 Å². The molecule has 0 fully saturated rings. The predicted molar refractivity (Wildman–Crippen MR) is 163 cm³/mol. The summed E-state index contributed by atoms with van der Waals surface area (Å²) < 4.78 is 12.3. The lowest BCUT2D eigenvalue weighted by Gasteiger charge is -2.24. The molecule has 1 heterocycles. The molecule has 0 radical (unpaired) electrons. The van der Waals surface area contributed by atoms with Gasteiger partial charge in [-0.05, 0) is 99.8 Å². The van der Waals surface area contributed by atoms with Crippen molar-refractivity contribution in [1.82, 2.24) is 0 Å². The van der Waals surface area contributed by atoms with E-state index in [1.54, 1.807) is 0 Å². The maximum atomic E-state index is 6.21. The number of ether oxygens (including phenoxy) is 2. The van der Waals surface area contributed by atoms with Crippen molar-refractivity contribution < 1.29 is 9.47 Å². The van der Waals surface area contributed by atoms with Crippen LogP contribution < -0.4 is 14.8 Å². The van der Waals surface area contributed by atoms with E-state index < -0.39 is 0 Å². The number of hydrogen-bond acceptors (Lipinski definition) is 3. The summed E-state index contributed by atoms with van der Waals surface area (Å²) >= 11 is 0. The summed E-state index contributed by atoms with van der Waals surface area (Å²) in [5.74, 6) is 2.98. The zero-order valence-electron chi connectivity index (χ0n) is 22.6. The van der Waals surface area contributed by atoms with E-state index in [2.05, 4.69) is 98.0 Å². The van der Waals surface area contributed by atoms with Gasteiger partial charge in [-0.15, -0.1) is 0 Å². The SMILES string of the molecule is CC1(C)c2ccccc2-c2ccc(Nc3ccc(-c4ccc5c(c4)Oc4ccccc4O5)c4c3CCC=C4)cc21. The highest BCUT2D eigenvalue weighted by atomic mass is 16.6. The highest BCUT2D eigenvalue weighted by molar-refractivity contribution is 5.86. The molecule has 0 bridgehead atoms. The van der Waals surface area contributed by atoms with Crippen LogP contribution in [0, 0.1) is 0 Å². The molecule has 0 unspecified atom stereocenters. The van der Waals surface area contributed by atoms with E-state index >= 15 is 0 Å². The molecule has 0 atom stereocenters. The molecule has 0 amide bonds. The monoisotopic (exact) mass is 519 g/mol. The molecular weight excluding hydrogens is 490 g/mol. The van der Waals surface area contributed by atoms with Crippen molar-refractivity contribution in [3.8, 4) is 45.3 Å². The second-order valence-corrected chi connectivity index (χ2v) is 11.4. The summed E-state index contributed by atoms with van der Waals surface area (Å²) in [6.45, 7) is 4.66. The molecule has 3 heteroatoms. The summed E-state index contributed by atoms with van der Waals surface area (Å²) in [7, 11) is 0. The zero-order valence-corrected chi connectivity index (χ0v) is 22.6. The lowest BCUT2D eigenvalue weighted by Crippen LogP contribution is -2.15. The fourth-order valence-electron chi connectivity index (χ4n) is 6.56. The number of hydrogen-bond donors (Lipinski definition) is 1. The topological polar surface area (TPSA) is 30.5 Å². The number of rotatable bonds is 3. The molecule has 194 valence electrons. The fourth-order valence-corrected chi connectivity index (χ4v) is 6.56. The van der Waals surface area contributed by atoms with Gasteiger partial charge in [0.15, 0.2) is 23.0 Å². The molecule has 0 saturated carbocycles. The Morgan fingerprint density at radius 1 is 0.650 bits per heavy atom. The van der Waals surface area contributed by atoms with E-state index in [1.807, 2.05) is 30.3 Å². The van der Waals surface area contributed by atoms with Crippen LogP contribution in [0.4, 0.5) is 11.4 Å². The van der Waals surface area contributed by atoms with Gasteiger partial charge in [-0.2, -0.15) is 0 Å². The third-order valence-electron chi connectivity index (χ3n) is 8.61.